The summed E-state index contributed by atoms with van der Waals surface area (Å²) in [5.74, 6) is 1.94. The lowest BCUT2D eigenvalue weighted by Crippen LogP contribution is -2.04. The fourth-order valence-corrected chi connectivity index (χ4v) is 3.12. The maximum atomic E-state index is 5.54. The number of rotatable bonds is 6. The Morgan fingerprint density at radius 1 is 1.00 bits per heavy atom. The molecule has 0 amide bonds. The highest BCUT2D eigenvalue weighted by atomic mass is 16.5. The van der Waals surface area contributed by atoms with Crippen molar-refractivity contribution in [3.05, 3.63) is 83.7 Å². The van der Waals surface area contributed by atoms with E-state index in [0.717, 1.165) is 29.2 Å². The molecule has 0 fully saturated rings. The zero-order valence-electron chi connectivity index (χ0n) is 16.6. The summed E-state index contributed by atoms with van der Waals surface area (Å²) >= 11 is 0. The molecule has 4 aromatic rings. The highest BCUT2D eigenvalue weighted by Crippen LogP contribution is 2.27. The number of aromatic nitrogens is 5. The van der Waals surface area contributed by atoms with E-state index in [2.05, 4.69) is 37.5 Å². The summed E-state index contributed by atoms with van der Waals surface area (Å²) in [5, 5.41) is 7.63. The van der Waals surface area contributed by atoms with Crippen molar-refractivity contribution in [2.45, 2.75) is 20.3 Å². The van der Waals surface area contributed by atoms with Gasteiger partial charge >= 0.3 is 0 Å². The Balaban J connectivity index is 1.59. The van der Waals surface area contributed by atoms with E-state index in [9.17, 15) is 0 Å². The first kappa shape index (κ1) is 18.6. The second kappa shape index (κ2) is 8.10. The van der Waals surface area contributed by atoms with E-state index in [1.54, 1.807) is 18.1 Å². The molecule has 0 aliphatic carbocycles. The Morgan fingerprint density at radius 3 is 2.55 bits per heavy atom. The Kier molecular flexibility index (Phi) is 5.20. The van der Waals surface area contributed by atoms with E-state index in [1.165, 1.54) is 5.56 Å². The summed E-state index contributed by atoms with van der Waals surface area (Å²) in [7, 11) is 1.63. The van der Waals surface area contributed by atoms with Crippen LogP contribution in [0.25, 0.3) is 5.69 Å². The number of benzene rings is 2. The maximum Gasteiger partial charge on any atom is 0.227 e. The number of ether oxygens (including phenoxy) is 1. The molecule has 0 radical (unpaired) electrons. The van der Waals surface area contributed by atoms with Gasteiger partial charge in [0, 0.05) is 23.9 Å². The first-order valence-electron chi connectivity index (χ1n) is 9.33. The van der Waals surface area contributed by atoms with E-state index in [4.69, 9.17) is 4.74 Å². The molecule has 2 heterocycles. The smallest absolute Gasteiger partial charge is 0.227 e. The summed E-state index contributed by atoms with van der Waals surface area (Å²) in [4.78, 5) is 13.4. The van der Waals surface area contributed by atoms with Gasteiger partial charge in [-0.05, 0) is 37.6 Å². The average Bonchev–Trinajstić information content (AvgIpc) is 3.14. The first-order valence-corrected chi connectivity index (χ1v) is 9.33. The van der Waals surface area contributed by atoms with E-state index in [0.29, 0.717) is 17.5 Å². The molecule has 146 valence electrons. The predicted octanol–water partition coefficient (Wildman–Crippen LogP) is 4.02. The van der Waals surface area contributed by atoms with Gasteiger partial charge < -0.3 is 10.1 Å². The molecule has 29 heavy (non-hydrogen) atoms. The fourth-order valence-electron chi connectivity index (χ4n) is 3.12. The summed E-state index contributed by atoms with van der Waals surface area (Å²) < 4.78 is 7.24. The third-order valence-corrected chi connectivity index (χ3v) is 4.42. The molecule has 2 aromatic heterocycles. The van der Waals surface area contributed by atoms with Crippen molar-refractivity contribution in [1.82, 2.24) is 24.7 Å². The van der Waals surface area contributed by atoms with Crippen molar-refractivity contribution in [3.8, 4) is 11.4 Å². The highest BCUT2D eigenvalue weighted by Gasteiger charge is 2.10. The van der Waals surface area contributed by atoms with Gasteiger partial charge in [-0.2, -0.15) is 5.10 Å². The van der Waals surface area contributed by atoms with Crippen LogP contribution in [0.5, 0.6) is 5.75 Å². The SMILES string of the molecule is COc1cc(Nc2nc(C)cc(Cc3ccccc3)n2)ccc1-n1cnc(C)n1. The van der Waals surface area contributed by atoms with Crippen LogP contribution in [-0.2, 0) is 6.42 Å². The molecule has 0 aliphatic heterocycles. The molecule has 0 bridgehead atoms. The van der Waals surface area contributed by atoms with Crippen LogP contribution in [0.4, 0.5) is 11.6 Å². The zero-order chi connectivity index (χ0) is 20.2. The molecule has 4 rings (SSSR count). The molecule has 0 saturated heterocycles. The first-order chi connectivity index (χ1) is 14.1. The van der Waals surface area contributed by atoms with Gasteiger partial charge in [0.05, 0.1) is 12.8 Å². The minimum atomic E-state index is 0.558. The predicted molar refractivity (Wildman–Crippen MR) is 112 cm³/mol. The monoisotopic (exact) mass is 386 g/mol. The van der Waals surface area contributed by atoms with Crippen molar-refractivity contribution in [3.63, 3.8) is 0 Å². The lowest BCUT2D eigenvalue weighted by Gasteiger charge is -2.12. The lowest BCUT2D eigenvalue weighted by molar-refractivity contribution is 0.412. The van der Waals surface area contributed by atoms with E-state index in [-0.39, 0.29) is 0 Å². The number of methoxy groups -OCH3 is 1. The van der Waals surface area contributed by atoms with Gasteiger partial charge in [0.15, 0.2) is 0 Å². The van der Waals surface area contributed by atoms with Crippen molar-refractivity contribution in [2.24, 2.45) is 0 Å². The number of nitrogens with one attached hydrogen (secondary N) is 1. The minimum absolute atomic E-state index is 0.558. The van der Waals surface area contributed by atoms with E-state index < -0.39 is 0 Å². The standard InChI is InChI=1S/C22H22N6O/c1-15-11-19(12-17-7-5-4-6-8-17)26-22(24-15)25-18-9-10-20(21(13-18)29-3)28-14-23-16(2)27-28/h4-11,13-14H,12H2,1-3H3,(H,24,25,26). The van der Waals surface area contributed by atoms with Crippen LogP contribution in [0.1, 0.15) is 22.8 Å². The van der Waals surface area contributed by atoms with E-state index in [1.807, 2.05) is 56.3 Å². The lowest BCUT2D eigenvalue weighted by atomic mass is 10.1. The molecular weight excluding hydrogens is 364 g/mol. The molecule has 0 unspecified atom stereocenters. The summed E-state index contributed by atoms with van der Waals surface area (Å²) in [6.07, 6.45) is 2.42. The van der Waals surface area contributed by atoms with Gasteiger partial charge in [-0.15, -0.1) is 0 Å². The number of nitrogens with zero attached hydrogens (tertiary/aromatic N) is 5. The van der Waals surface area contributed by atoms with Crippen LogP contribution in [0, 0.1) is 13.8 Å². The Bertz CT molecular complexity index is 1120. The third kappa shape index (κ3) is 4.40. The number of anilines is 2. The topological polar surface area (TPSA) is 77.8 Å². The molecule has 1 N–H and O–H groups in total. The van der Waals surface area contributed by atoms with Gasteiger partial charge in [-0.3, -0.25) is 0 Å². The van der Waals surface area contributed by atoms with Gasteiger partial charge in [0.25, 0.3) is 0 Å². The maximum absolute atomic E-state index is 5.54. The van der Waals surface area contributed by atoms with Gasteiger partial charge in [0.2, 0.25) is 5.95 Å². The third-order valence-electron chi connectivity index (χ3n) is 4.42. The Morgan fingerprint density at radius 2 is 1.83 bits per heavy atom. The van der Waals surface area contributed by atoms with E-state index >= 15 is 0 Å². The van der Waals surface area contributed by atoms with Crippen LogP contribution >= 0.6 is 0 Å². The van der Waals surface area contributed by atoms with Crippen LogP contribution in [0.15, 0.2) is 60.9 Å². The minimum Gasteiger partial charge on any atom is -0.494 e. The second-order valence-electron chi connectivity index (χ2n) is 6.73. The highest BCUT2D eigenvalue weighted by molar-refractivity contribution is 5.61. The zero-order valence-corrected chi connectivity index (χ0v) is 16.6. The van der Waals surface area contributed by atoms with Crippen molar-refractivity contribution in [1.29, 1.82) is 0 Å². The quantitative estimate of drug-likeness (QED) is 0.539. The van der Waals surface area contributed by atoms with Crippen LogP contribution in [-0.4, -0.2) is 31.8 Å². The van der Waals surface area contributed by atoms with Crippen LogP contribution < -0.4 is 10.1 Å². The van der Waals surface area contributed by atoms with Crippen LogP contribution in [0.2, 0.25) is 0 Å². The van der Waals surface area contributed by atoms with Gasteiger partial charge in [-0.25, -0.2) is 19.6 Å². The van der Waals surface area contributed by atoms with Crippen molar-refractivity contribution in [2.75, 3.05) is 12.4 Å². The van der Waals surface area contributed by atoms with Crippen LogP contribution in [0.3, 0.4) is 0 Å². The molecule has 7 heteroatoms. The second-order valence-corrected chi connectivity index (χ2v) is 6.73. The van der Waals surface area contributed by atoms with Gasteiger partial charge in [-0.1, -0.05) is 30.3 Å². The molecule has 2 aromatic carbocycles. The molecule has 0 aliphatic rings. The molecule has 0 atom stereocenters. The normalized spacial score (nSPS) is 10.7. The molecular formula is C22H22N6O. The Labute approximate surface area is 169 Å². The molecule has 0 spiro atoms. The summed E-state index contributed by atoms with van der Waals surface area (Å²) in [5.41, 5.74) is 4.74. The van der Waals surface area contributed by atoms with Gasteiger partial charge in [0.1, 0.15) is 23.6 Å². The Hall–Kier alpha value is -3.74. The largest absolute Gasteiger partial charge is 0.494 e. The fraction of sp³-hybridized carbons (Fsp3) is 0.182. The average molecular weight is 386 g/mol. The summed E-state index contributed by atoms with van der Waals surface area (Å²) in [6, 6.07) is 18.1. The number of hydrogen-bond acceptors (Lipinski definition) is 6. The summed E-state index contributed by atoms with van der Waals surface area (Å²) in [6.45, 7) is 3.82. The molecule has 0 saturated carbocycles. The van der Waals surface area contributed by atoms with Crippen molar-refractivity contribution < 1.29 is 4.74 Å². The van der Waals surface area contributed by atoms with Crippen molar-refractivity contribution >= 4 is 11.6 Å². The number of aryl methyl sites for hydroxylation is 2. The molecule has 7 nitrogen and oxygen atoms in total. The number of hydrogen-bond donors (Lipinski definition) is 1.